The van der Waals surface area contributed by atoms with Gasteiger partial charge in [0.25, 0.3) is 0 Å². The molecule has 6 saturated carbocycles. The van der Waals surface area contributed by atoms with Gasteiger partial charge in [0, 0.05) is 12.1 Å². The third-order valence-electron chi connectivity index (χ3n) is 10.8. The molecular formula is C28H52N2O4S. The second-order valence-electron chi connectivity index (χ2n) is 13.4. The summed E-state index contributed by atoms with van der Waals surface area (Å²) in [6.07, 6.45) is 26.5. The lowest BCUT2D eigenvalue weighted by Crippen LogP contribution is -2.28. The van der Waals surface area contributed by atoms with Gasteiger partial charge >= 0.3 is 10.4 Å². The molecule has 6 atom stereocenters. The van der Waals surface area contributed by atoms with Gasteiger partial charge < -0.3 is 11.5 Å². The molecule has 204 valence electrons. The SMILES string of the molecule is NC1CCC(CC2CC3CCC2C3)CC1.NC1CCC(CC2CC3CCC2C3)CC1.O=S(=O)(O)O. The highest BCUT2D eigenvalue weighted by molar-refractivity contribution is 7.79. The smallest absolute Gasteiger partial charge is 0.328 e. The lowest BCUT2D eigenvalue weighted by Gasteiger charge is -2.31. The summed E-state index contributed by atoms with van der Waals surface area (Å²) >= 11 is 0. The fourth-order valence-corrected chi connectivity index (χ4v) is 9.03. The maximum absolute atomic E-state index is 8.74. The molecule has 0 spiro atoms. The first-order valence-corrected chi connectivity index (χ1v) is 16.2. The molecule has 6 nitrogen and oxygen atoms in total. The molecule has 6 aliphatic carbocycles. The van der Waals surface area contributed by atoms with E-state index in [1.165, 1.54) is 51.4 Å². The van der Waals surface area contributed by atoms with Crippen LogP contribution < -0.4 is 11.5 Å². The first kappa shape index (κ1) is 27.8. The minimum absolute atomic E-state index is 0.529. The molecule has 0 aromatic carbocycles. The molecule has 6 rings (SSSR count). The van der Waals surface area contributed by atoms with Gasteiger partial charge in [-0.15, -0.1) is 0 Å². The van der Waals surface area contributed by atoms with Crippen LogP contribution in [-0.4, -0.2) is 29.6 Å². The summed E-state index contributed by atoms with van der Waals surface area (Å²) in [6, 6.07) is 1.06. The van der Waals surface area contributed by atoms with Crippen molar-refractivity contribution in [2.45, 2.75) is 128 Å². The zero-order valence-electron chi connectivity index (χ0n) is 21.8. The van der Waals surface area contributed by atoms with Crippen LogP contribution in [0.15, 0.2) is 0 Å². The Kier molecular flexibility index (Phi) is 9.98. The summed E-state index contributed by atoms with van der Waals surface area (Å²) in [5.74, 6) is 8.82. The average Bonchev–Trinajstić information content (AvgIpc) is 3.59. The fraction of sp³-hybridized carbons (Fsp3) is 1.00. The Morgan fingerprint density at radius 1 is 0.543 bits per heavy atom. The minimum Gasteiger partial charge on any atom is -0.328 e. The molecule has 6 unspecified atom stereocenters. The van der Waals surface area contributed by atoms with Crippen LogP contribution >= 0.6 is 0 Å². The normalized spacial score (nSPS) is 44.3. The topological polar surface area (TPSA) is 127 Å². The number of rotatable bonds is 4. The zero-order valence-corrected chi connectivity index (χ0v) is 22.6. The van der Waals surface area contributed by atoms with Gasteiger partial charge in [-0.3, -0.25) is 9.11 Å². The van der Waals surface area contributed by atoms with Gasteiger partial charge in [-0.25, -0.2) is 0 Å². The summed E-state index contributed by atoms with van der Waals surface area (Å²) < 4.78 is 31.6. The quantitative estimate of drug-likeness (QED) is 0.342. The molecule has 4 bridgehead atoms. The number of fused-ring (bicyclic) bond motifs is 4. The Labute approximate surface area is 214 Å². The predicted octanol–water partition coefficient (Wildman–Crippen LogP) is 6.01. The van der Waals surface area contributed by atoms with E-state index in [-0.39, 0.29) is 0 Å². The first-order chi connectivity index (χ1) is 16.6. The van der Waals surface area contributed by atoms with Gasteiger partial charge in [-0.2, -0.15) is 8.42 Å². The van der Waals surface area contributed by atoms with Gasteiger partial charge in [0.15, 0.2) is 0 Å². The number of hydrogen-bond acceptors (Lipinski definition) is 4. The molecule has 0 aromatic rings. The largest absolute Gasteiger partial charge is 0.394 e. The molecule has 6 aliphatic rings. The lowest BCUT2D eigenvalue weighted by molar-refractivity contribution is 0.221. The summed E-state index contributed by atoms with van der Waals surface area (Å²) in [6.45, 7) is 0. The van der Waals surface area contributed by atoms with Crippen LogP contribution in [0.4, 0.5) is 0 Å². The Balaban J connectivity index is 0.000000139. The van der Waals surface area contributed by atoms with E-state index in [0.29, 0.717) is 12.1 Å². The average molecular weight is 513 g/mol. The van der Waals surface area contributed by atoms with Crippen molar-refractivity contribution in [3.8, 4) is 0 Å². The van der Waals surface area contributed by atoms with Crippen molar-refractivity contribution < 1.29 is 17.5 Å². The van der Waals surface area contributed by atoms with E-state index in [1.54, 1.807) is 64.2 Å². The Morgan fingerprint density at radius 3 is 1.14 bits per heavy atom. The summed E-state index contributed by atoms with van der Waals surface area (Å²) in [4.78, 5) is 0. The molecule has 0 aliphatic heterocycles. The van der Waals surface area contributed by atoms with Gasteiger partial charge in [-0.1, -0.05) is 12.8 Å². The Hall–Kier alpha value is -0.210. The standard InChI is InChI=1S/2C14H25N.H2O4S/c2*15-14-5-2-10(3-6-14)7-13-9-11-1-4-12(13)8-11;1-5(2,3)4/h2*10-14H,1-9,15H2;(H2,1,2,3,4). The van der Waals surface area contributed by atoms with Crippen molar-refractivity contribution in [2.75, 3.05) is 0 Å². The van der Waals surface area contributed by atoms with Crippen molar-refractivity contribution in [1.29, 1.82) is 0 Å². The highest BCUT2D eigenvalue weighted by Gasteiger charge is 2.41. The van der Waals surface area contributed by atoms with E-state index in [9.17, 15) is 0 Å². The van der Waals surface area contributed by atoms with Crippen LogP contribution in [0.1, 0.15) is 116 Å². The Morgan fingerprint density at radius 2 is 0.886 bits per heavy atom. The van der Waals surface area contributed by atoms with E-state index in [0.717, 1.165) is 47.3 Å². The van der Waals surface area contributed by atoms with Gasteiger partial charge in [0.1, 0.15) is 0 Å². The van der Waals surface area contributed by atoms with E-state index in [1.807, 2.05) is 0 Å². The highest BCUT2D eigenvalue weighted by atomic mass is 32.3. The molecule has 0 radical (unpaired) electrons. The van der Waals surface area contributed by atoms with Crippen LogP contribution in [0.2, 0.25) is 0 Å². The van der Waals surface area contributed by atoms with E-state index < -0.39 is 10.4 Å². The minimum atomic E-state index is -4.67. The van der Waals surface area contributed by atoms with E-state index in [2.05, 4.69) is 0 Å². The van der Waals surface area contributed by atoms with Crippen molar-refractivity contribution in [2.24, 2.45) is 58.8 Å². The van der Waals surface area contributed by atoms with Crippen molar-refractivity contribution in [3.63, 3.8) is 0 Å². The molecule has 0 aromatic heterocycles. The molecule has 0 amide bonds. The maximum Gasteiger partial charge on any atom is 0.394 e. The molecular weight excluding hydrogens is 460 g/mol. The van der Waals surface area contributed by atoms with Crippen LogP contribution in [0.3, 0.4) is 0 Å². The second kappa shape index (κ2) is 12.6. The second-order valence-corrected chi connectivity index (χ2v) is 14.2. The van der Waals surface area contributed by atoms with E-state index in [4.69, 9.17) is 29.0 Å². The van der Waals surface area contributed by atoms with Gasteiger partial charge in [0.05, 0.1) is 0 Å². The van der Waals surface area contributed by atoms with Crippen molar-refractivity contribution >= 4 is 10.4 Å². The monoisotopic (exact) mass is 512 g/mol. The summed E-state index contributed by atoms with van der Waals surface area (Å²) in [5, 5.41) is 0. The molecule has 6 fully saturated rings. The van der Waals surface area contributed by atoms with Crippen molar-refractivity contribution in [3.05, 3.63) is 0 Å². The lowest BCUT2D eigenvalue weighted by atomic mass is 9.76. The molecule has 7 heteroatoms. The first-order valence-electron chi connectivity index (χ1n) is 14.8. The van der Waals surface area contributed by atoms with E-state index >= 15 is 0 Å². The molecule has 0 saturated heterocycles. The third kappa shape index (κ3) is 8.94. The fourth-order valence-electron chi connectivity index (χ4n) is 9.03. The highest BCUT2D eigenvalue weighted by Crippen LogP contribution is 2.52. The molecule has 0 heterocycles. The number of nitrogens with two attached hydrogens (primary N) is 2. The third-order valence-corrected chi connectivity index (χ3v) is 10.8. The molecule has 6 N–H and O–H groups in total. The maximum atomic E-state index is 8.74. The molecule has 35 heavy (non-hydrogen) atoms. The summed E-state index contributed by atoms with van der Waals surface area (Å²) in [7, 11) is -4.67. The van der Waals surface area contributed by atoms with Crippen LogP contribution in [-0.2, 0) is 10.4 Å². The van der Waals surface area contributed by atoms with Crippen LogP contribution in [0, 0.1) is 47.3 Å². The predicted molar refractivity (Wildman–Crippen MR) is 141 cm³/mol. The Bertz CT molecular complexity index is 690. The van der Waals surface area contributed by atoms with Crippen LogP contribution in [0.5, 0.6) is 0 Å². The van der Waals surface area contributed by atoms with Crippen molar-refractivity contribution in [1.82, 2.24) is 0 Å². The summed E-state index contributed by atoms with van der Waals surface area (Å²) in [5.41, 5.74) is 11.9. The van der Waals surface area contributed by atoms with Crippen LogP contribution in [0.25, 0.3) is 0 Å². The van der Waals surface area contributed by atoms with Gasteiger partial charge in [-0.05, 0) is 150 Å². The van der Waals surface area contributed by atoms with Gasteiger partial charge in [0.2, 0.25) is 0 Å². The zero-order chi connectivity index (χ0) is 25.0. The number of hydrogen-bond donors (Lipinski definition) is 4.